The number of hydrogen-bond acceptors (Lipinski definition) is 6. The molecule has 7 nitrogen and oxygen atoms in total. The standard InChI is InChI=1S/C25H27F3N2O5/c1-33-21-13-18(5-8-20(21)22(31)34-2)15-30-16-24(35-23(30)32)9-11-29(12-10-24)14-17-3-6-19(7-4-17)25(26,27)28/h3-8,13H,9-12,14-16H2,1-2H3. The monoisotopic (exact) mass is 492 g/mol. The van der Waals surface area contributed by atoms with E-state index in [1.807, 2.05) is 0 Å². The summed E-state index contributed by atoms with van der Waals surface area (Å²) in [5.41, 5.74) is 0.671. The molecule has 0 radical (unpaired) electrons. The van der Waals surface area contributed by atoms with Gasteiger partial charge in [0, 0.05) is 39.0 Å². The Balaban J connectivity index is 1.34. The molecule has 0 atom stereocenters. The van der Waals surface area contributed by atoms with Crippen molar-refractivity contribution in [2.45, 2.75) is 37.7 Å². The van der Waals surface area contributed by atoms with E-state index in [-0.39, 0.29) is 0 Å². The lowest BCUT2D eigenvalue weighted by Crippen LogP contribution is -2.46. The molecule has 2 aliphatic heterocycles. The first-order valence-corrected chi connectivity index (χ1v) is 11.2. The molecule has 0 aromatic heterocycles. The Labute approximate surface area is 201 Å². The number of carbonyl (C=O) groups excluding carboxylic acids is 2. The van der Waals surface area contributed by atoms with Gasteiger partial charge in [-0.2, -0.15) is 13.2 Å². The van der Waals surface area contributed by atoms with Gasteiger partial charge in [-0.1, -0.05) is 18.2 Å². The van der Waals surface area contributed by atoms with Crippen LogP contribution >= 0.6 is 0 Å². The van der Waals surface area contributed by atoms with Crippen LogP contribution in [-0.2, 0) is 28.7 Å². The number of rotatable bonds is 6. The molecule has 0 unspecified atom stereocenters. The van der Waals surface area contributed by atoms with E-state index in [2.05, 4.69) is 4.90 Å². The van der Waals surface area contributed by atoms with Gasteiger partial charge in [-0.25, -0.2) is 9.59 Å². The summed E-state index contributed by atoms with van der Waals surface area (Å²) in [5.74, 6) is -0.135. The molecular formula is C25H27F3N2O5. The SMILES string of the molecule is COC(=O)c1ccc(CN2CC3(CCN(Cc4ccc(C(F)(F)F)cc4)CC3)OC2=O)cc1OC. The summed E-state index contributed by atoms with van der Waals surface area (Å²) in [6.45, 7) is 2.64. The van der Waals surface area contributed by atoms with Gasteiger partial charge < -0.3 is 14.2 Å². The summed E-state index contributed by atoms with van der Waals surface area (Å²) < 4.78 is 54.2. The molecule has 35 heavy (non-hydrogen) atoms. The molecule has 4 rings (SSSR count). The van der Waals surface area contributed by atoms with E-state index in [1.54, 1.807) is 23.1 Å². The highest BCUT2D eigenvalue weighted by Crippen LogP contribution is 2.35. The number of ether oxygens (including phenoxy) is 3. The first kappa shape index (κ1) is 24.8. The van der Waals surface area contributed by atoms with E-state index < -0.39 is 29.4 Å². The number of carbonyl (C=O) groups is 2. The van der Waals surface area contributed by atoms with Gasteiger partial charge in [-0.3, -0.25) is 9.80 Å². The minimum atomic E-state index is -4.34. The number of amides is 1. The summed E-state index contributed by atoms with van der Waals surface area (Å²) in [5, 5.41) is 0. The highest BCUT2D eigenvalue weighted by Gasteiger charge is 2.46. The molecule has 1 spiro atoms. The van der Waals surface area contributed by atoms with Gasteiger partial charge in [0.15, 0.2) is 0 Å². The first-order chi connectivity index (χ1) is 16.6. The van der Waals surface area contributed by atoms with Crippen LogP contribution in [0.5, 0.6) is 5.75 Å². The summed E-state index contributed by atoms with van der Waals surface area (Å²) >= 11 is 0. The Bertz CT molecular complexity index is 1080. The second-order valence-electron chi connectivity index (χ2n) is 8.90. The topological polar surface area (TPSA) is 68.3 Å². The number of alkyl halides is 3. The first-order valence-electron chi connectivity index (χ1n) is 11.2. The van der Waals surface area contributed by atoms with Gasteiger partial charge >= 0.3 is 18.2 Å². The summed E-state index contributed by atoms with van der Waals surface area (Å²) in [6, 6.07) is 10.3. The average molecular weight is 492 g/mol. The zero-order chi connectivity index (χ0) is 25.2. The zero-order valence-corrected chi connectivity index (χ0v) is 19.6. The molecule has 2 aromatic rings. The van der Waals surface area contributed by atoms with Gasteiger partial charge in [0.05, 0.1) is 26.3 Å². The van der Waals surface area contributed by atoms with Gasteiger partial charge in [0.2, 0.25) is 0 Å². The van der Waals surface area contributed by atoms with Crippen molar-refractivity contribution in [3.63, 3.8) is 0 Å². The fourth-order valence-electron chi connectivity index (χ4n) is 4.58. The number of likely N-dealkylation sites (tertiary alicyclic amines) is 1. The van der Waals surface area contributed by atoms with E-state index >= 15 is 0 Å². The molecule has 2 fully saturated rings. The van der Waals surface area contributed by atoms with Crippen molar-refractivity contribution in [1.82, 2.24) is 9.80 Å². The Kier molecular flexibility index (Phi) is 6.93. The predicted molar refractivity (Wildman–Crippen MR) is 120 cm³/mol. The molecule has 2 aromatic carbocycles. The highest BCUT2D eigenvalue weighted by molar-refractivity contribution is 5.92. The van der Waals surface area contributed by atoms with E-state index in [4.69, 9.17) is 14.2 Å². The van der Waals surface area contributed by atoms with Crippen molar-refractivity contribution >= 4 is 12.1 Å². The van der Waals surface area contributed by atoms with Gasteiger partial charge in [-0.05, 0) is 35.4 Å². The number of hydrogen-bond donors (Lipinski definition) is 0. The number of benzene rings is 2. The third-order valence-corrected chi connectivity index (χ3v) is 6.54. The fraction of sp³-hybridized carbons (Fsp3) is 0.440. The van der Waals surface area contributed by atoms with E-state index in [1.165, 1.54) is 26.4 Å². The molecule has 10 heteroatoms. The molecule has 0 N–H and O–H groups in total. The van der Waals surface area contributed by atoms with Crippen molar-refractivity contribution in [1.29, 1.82) is 0 Å². The zero-order valence-electron chi connectivity index (χ0n) is 19.6. The molecule has 0 bridgehead atoms. The normalized spacial score (nSPS) is 18.0. The van der Waals surface area contributed by atoms with Crippen molar-refractivity contribution < 1.29 is 37.0 Å². The third-order valence-electron chi connectivity index (χ3n) is 6.54. The summed E-state index contributed by atoms with van der Waals surface area (Å²) in [7, 11) is 2.76. The van der Waals surface area contributed by atoms with Crippen LogP contribution in [0, 0.1) is 0 Å². The highest BCUT2D eigenvalue weighted by atomic mass is 19.4. The van der Waals surface area contributed by atoms with Crippen LogP contribution < -0.4 is 4.74 Å². The second-order valence-corrected chi connectivity index (χ2v) is 8.90. The van der Waals surface area contributed by atoms with Gasteiger partial charge in [-0.15, -0.1) is 0 Å². The van der Waals surface area contributed by atoms with Crippen LogP contribution in [-0.4, -0.2) is 61.3 Å². The van der Waals surface area contributed by atoms with Crippen molar-refractivity contribution in [2.24, 2.45) is 0 Å². The van der Waals surface area contributed by atoms with Crippen molar-refractivity contribution in [2.75, 3.05) is 33.9 Å². The Morgan fingerprint density at radius 3 is 2.29 bits per heavy atom. The maximum atomic E-state index is 12.8. The van der Waals surface area contributed by atoms with Crippen LogP contribution in [0.2, 0.25) is 0 Å². The average Bonchev–Trinajstić information content (AvgIpc) is 3.14. The van der Waals surface area contributed by atoms with Crippen LogP contribution in [0.1, 0.15) is 39.9 Å². The fourth-order valence-corrected chi connectivity index (χ4v) is 4.58. The van der Waals surface area contributed by atoms with Crippen molar-refractivity contribution in [3.05, 3.63) is 64.7 Å². The number of nitrogens with zero attached hydrogens (tertiary/aromatic N) is 2. The van der Waals surface area contributed by atoms with Gasteiger partial charge in [0.1, 0.15) is 16.9 Å². The molecule has 1 amide bonds. The van der Waals surface area contributed by atoms with E-state index in [9.17, 15) is 22.8 Å². The largest absolute Gasteiger partial charge is 0.496 e. The quantitative estimate of drug-likeness (QED) is 0.554. The Hall–Kier alpha value is -3.27. The summed E-state index contributed by atoms with van der Waals surface area (Å²) in [4.78, 5) is 28.3. The van der Waals surface area contributed by atoms with Crippen LogP contribution in [0.3, 0.4) is 0 Å². The maximum absolute atomic E-state index is 12.8. The smallest absolute Gasteiger partial charge is 0.416 e. The van der Waals surface area contributed by atoms with Crippen LogP contribution in [0.15, 0.2) is 42.5 Å². The molecular weight excluding hydrogens is 465 g/mol. The molecule has 2 aliphatic rings. The molecule has 188 valence electrons. The number of methoxy groups -OCH3 is 2. The van der Waals surface area contributed by atoms with Gasteiger partial charge in [0.25, 0.3) is 0 Å². The summed E-state index contributed by atoms with van der Waals surface area (Å²) in [6.07, 6.45) is -3.46. The van der Waals surface area contributed by atoms with E-state index in [0.29, 0.717) is 56.9 Å². The number of piperidine rings is 1. The minimum Gasteiger partial charge on any atom is -0.496 e. The number of halogens is 3. The Morgan fingerprint density at radius 2 is 1.69 bits per heavy atom. The molecule has 2 heterocycles. The van der Waals surface area contributed by atoms with Crippen LogP contribution in [0.4, 0.5) is 18.0 Å². The minimum absolute atomic E-state index is 0.305. The molecule has 0 aliphatic carbocycles. The third kappa shape index (κ3) is 5.53. The van der Waals surface area contributed by atoms with Crippen LogP contribution in [0.25, 0.3) is 0 Å². The Morgan fingerprint density at radius 1 is 1.03 bits per heavy atom. The number of esters is 1. The lowest BCUT2D eigenvalue weighted by molar-refractivity contribution is -0.137. The molecule has 2 saturated heterocycles. The van der Waals surface area contributed by atoms with E-state index in [0.717, 1.165) is 23.3 Å². The predicted octanol–water partition coefficient (Wildman–Crippen LogP) is 4.49. The lowest BCUT2D eigenvalue weighted by Gasteiger charge is -2.37. The van der Waals surface area contributed by atoms with Crippen molar-refractivity contribution in [3.8, 4) is 5.75 Å². The second kappa shape index (κ2) is 9.77. The molecule has 0 saturated carbocycles. The lowest BCUT2D eigenvalue weighted by atomic mass is 9.91. The maximum Gasteiger partial charge on any atom is 0.416 e.